The lowest BCUT2D eigenvalue weighted by Gasteiger charge is -2.22. The van der Waals surface area contributed by atoms with E-state index in [1.165, 1.54) is 6.39 Å². The lowest BCUT2D eigenvalue weighted by molar-refractivity contribution is 0.120. The van der Waals surface area contributed by atoms with Crippen molar-refractivity contribution in [1.82, 2.24) is 10.3 Å². The normalized spacial score (nSPS) is 20.0. The zero-order chi connectivity index (χ0) is 13.9. The van der Waals surface area contributed by atoms with Gasteiger partial charge >= 0.3 is 0 Å². The fourth-order valence-corrected chi connectivity index (χ4v) is 2.94. The molecule has 1 aromatic carbocycles. The summed E-state index contributed by atoms with van der Waals surface area (Å²) in [5.41, 5.74) is 0. The van der Waals surface area contributed by atoms with E-state index in [1.807, 2.05) is 0 Å². The Labute approximate surface area is 127 Å². The molecule has 2 aromatic rings. The summed E-state index contributed by atoms with van der Waals surface area (Å²) >= 11 is 12.0. The highest BCUT2D eigenvalue weighted by Gasteiger charge is 2.30. The van der Waals surface area contributed by atoms with Crippen LogP contribution in [-0.4, -0.2) is 18.1 Å². The average molecular weight is 313 g/mol. The molecule has 0 aliphatic carbocycles. The van der Waals surface area contributed by atoms with Crippen LogP contribution >= 0.6 is 23.2 Å². The summed E-state index contributed by atoms with van der Waals surface area (Å²) in [5, 5.41) is 4.43. The molecule has 0 saturated carbocycles. The highest BCUT2D eigenvalue weighted by atomic mass is 35.5. The topological polar surface area (TPSA) is 47.3 Å². The third-order valence-electron chi connectivity index (χ3n) is 3.36. The third-order valence-corrected chi connectivity index (χ3v) is 3.79. The van der Waals surface area contributed by atoms with E-state index in [1.54, 1.807) is 24.4 Å². The number of benzene rings is 1. The molecule has 3 rings (SSSR count). The largest absolute Gasteiger partial charge is 0.482 e. The number of ether oxygens (including phenoxy) is 1. The van der Waals surface area contributed by atoms with Crippen molar-refractivity contribution in [1.29, 1.82) is 0 Å². The molecule has 1 fully saturated rings. The van der Waals surface area contributed by atoms with Crippen LogP contribution in [0.15, 0.2) is 35.2 Å². The van der Waals surface area contributed by atoms with E-state index in [0.717, 1.165) is 25.3 Å². The number of halogens is 2. The van der Waals surface area contributed by atoms with Gasteiger partial charge in [0, 0.05) is 22.5 Å². The van der Waals surface area contributed by atoms with E-state index in [2.05, 4.69) is 10.3 Å². The van der Waals surface area contributed by atoms with Crippen molar-refractivity contribution in [3.8, 4) is 5.75 Å². The quantitative estimate of drug-likeness (QED) is 0.935. The van der Waals surface area contributed by atoms with Gasteiger partial charge < -0.3 is 14.5 Å². The Morgan fingerprint density at radius 3 is 2.70 bits per heavy atom. The molecule has 2 unspecified atom stereocenters. The van der Waals surface area contributed by atoms with Crippen LogP contribution in [0.4, 0.5) is 0 Å². The first kappa shape index (κ1) is 13.7. The maximum Gasteiger partial charge on any atom is 0.181 e. The minimum absolute atomic E-state index is 0.193. The highest BCUT2D eigenvalue weighted by Crippen LogP contribution is 2.34. The maximum atomic E-state index is 6.06. The summed E-state index contributed by atoms with van der Waals surface area (Å²) in [5.74, 6) is 1.69. The summed E-state index contributed by atoms with van der Waals surface area (Å²) in [6, 6.07) is 5.18. The van der Waals surface area contributed by atoms with Crippen molar-refractivity contribution in [2.24, 2.45) is 5.92 Å². The molecule has 2 atom stereocenters. The first-order valence-corrected chi connectivity index (χ1v) is 7.20. The summed E-state index contributed by atoms with van der Waals surface area (Å²) in [6.07, 6.45) is 3.94. The molecule has 0 amide bonds. The van der Waals surface area contributed by atoms with Crippen LogP contribution in [0, 0.1) is 5.92 Å². The molecule has 0 radical (unpaired) electrons. The van der Waals surface area contributed by atoms with Crippen molar-refractivity contribution in [2.45, 2.75) is 12.5 Å². The molecule has 20 heavy (non-hydrogen) atoms. The first-order chi connectivity index (χ1) is 9.72. The van der Waals surface area contributed by atoms with E-state index in [0.29, 0.717) is 21.7 Å². The molecular formula is C14H14Cl2N2O2. The van der Waals surface area contributed by atoms with Gasteiger partial charge in [0.2, 0.25) is 0 Å². The van der Waals surface area contributed by atoms with Crippen LogP contribution in [0.5, 0.6) is 5.75 Å². The van der Waals surface area contributed by atoms with Gasteiger partial charge in [0.25, 0.3) is 0 Å². The zero-order valence-electron chi connectivity index (χ0n) is 10.7. The van der Waals surface area contributed by atoms with E-state index in [-0.39, 0.29) is 6.10 Å². The fraction of sp³-hybridized carbons (Fsp3) is 0.357. The minimum Gasteiger partial charge on any atom is -0.482 e. The maximum absolute atomic E-state index is 6.06. The SMILES string of the molecule is Clc1cc(Cl)cc(OC(c2cnco2)C2CCNC2)c1. The molecule has 1 saturated heterocycles. The summed E-state index contributed by atoms with van der Waals surface area (Å²) in [6.45, 7) is 1.87. The Bertz CT molecular complexity index is 548. The molecule has 0 bridgehead atoms. The Balaban J connectivity index is 1.85. The number of nitrogens with zero attached hydrogens (tertiary/aromatic N) is 1. The second-order valence-electron chi connectivity index (χ2n) is 4.80. The molecule has 2 heterocycles. The van der Waals surface area contributed by atoms with Crippen LogP contribution < -0.4 is 10.1 Å². The molecular weight excluding hydrogens is 299 g/mol. The smallest absolute Gasteiger partial charge is 0.181 e. The van der Waals surface area contributed by atoms with Gasteiger partial charge in [-0.2, -0.15) is 0 Å². The van der Waals surface area contributed by atoms with Crippen molar-refractivity contribution in [2.75, 3.05) is 13.1 Å². The van der Waals surface area contributed by atoms with Crippen LogP contribution in [0.1, 0.15) is 18.3 Å². The standard InChI is InChI=1S/C14H14Cl2N2O2/c15-10-3-11(16)5-12(4-10)20-14(9-1-2-17-6-9)13-7-18-8-19-13/h3-5,7-9,14,17H,1-2,6H2. The van der Waals surface area contributed by atoms with E-state index >= 15 is 0 Å². The predicted molar refractivity (Wildman–Crippen MR) is 77.3 cm³/mol. The number of hydrogen-bond acceptors (Lipinski definition) is 4. The molecule has 1 aliphatic rings. The summed E-state index contributed by atoms with van der Waals surface area (Å²) in [7, 11) is 0. The van der Waals surface area contributed by atoms with Crippen molar-refractivity contribution < 1.29 is 9.15 Å². The lowest BCUT2D eigenvalue weighted by Crippen LogP contribution is -2.21. The van der Waals surface area contributed by atoms with Crippen molar-refractivity contribution in [3.63, 3.8) is 0 Å². The van der Waals surface area contributed by atoms with Gasteiger partial charge in [-0.3, -0.25) is 0 Å². The van der Waals surface area contributed by atoms with E-state index < -0.39 is 0 Å². The molecule has 1 aromatic heterocycles. The van der Waals surface area contributed by atoms with Crippen molar-refractivity contribution in [3.05, 3.63) is 46.6 Å². The fourth-order valence-electron chi connectivity index (χ4n) is 2.43. The second-order valence-corrected chi connectivity index (χ2v) is 5.67. The summed E-state index contributed by atoms with van der Waals surface area (Å²) in [4.78, 5) is 3.97. The first-order valence-electron chi connectivity index (χ1n) is 6.44. The van der Waals surface area contributed by atoms with Crippen LogP contribution in [0.2, 0.25) is 10.0 Å². The Morgan fingerprint density at radius 2 is 2.10 bits per heavy atom. The molecule has 106 valence electrons. The Kier molecular flexibility index (Phi) is 4.15. The van der Waals surface area contributed by atoms with Gasteiger partial charge in [-0.1, -0.05) is 23.2 Å². The molecule has 6 heteroatoms. The highest BCUT2D eigenvalue weighted by molar-refractivity contribution is 6.34. The number of hydrogen-bond donors (Lipinski definition) is 1. The van der Waals surface area contributed by atoms with Gasteiger partial charge in [0.15, 0.2) is 18.3 Å². The molecule has 1 aliphatic heterocycles. The molecule has 0 spiro atoms. The lowest BCUT2D eigenvalue weighted by atomic mass is 10.00. The second kappa shape index (κ2) is 6.04. The van der Waals surface area contributed by atoms with E-state index in [4.69, 9.17) is 32.4 Å². The van der Waals surface area contributed by atoms with Gasteiger partial charge in [-0.05, 0) is 31.2 Å². The van der Waals surface area contributed by atoms with Crippen LogP contribution in [0.3, 0.4) is 0 Å². The predicted octanol–water partition coefficient (Wildman–Crippen LogP) is 3.71. The average Bonchev–Trinajstić information content (AvgIpc) is 3.08. The van der Waals surface area contributed by atoms with Gasteiger partial charge in [-0.25, -0.2) is 4.98 Å². The zero-order valence-corrected chi connectivity index (χ0v) is 12.2. The number of aromatic nitrogens is 1. The number of oxazole rings is 1. The Hall–Kier alpha value is -1.23. The van der Waals surface area contributed by atoms with Crippen molar-refractivity contribution >= 4 is 23.2 Å². The van der Waals surface area contributed by atoms with E-state index in [9.17, 15) is 0 Å². The van der Waals surface area contributed by atoms with Crippen LogP contribution in [-0.2, 0) is 0 Å². The summed E-state index contributed by atoms with van der Waals surface area (Å²) < 4.78 is 11.5. The molecule has 1 N–H and O–H groups in total. The third kappa shape index (κ3) is 3.08. The Morgan fingerprint density at radius 1 is 1.30 bits per heavy atom. The molecule has 4 nitrogen and oxygen atoms in total. The number of rotatable bonds is 4. The monoisotopic (exact) mass is 312 g/mol. The van der Waals surface area contributed by atoms with Gasteiger partial charge in [0.05, 0.1) is 6.20 Å². The van der Waals surface area contributed by atoms with Gasteiger partial charge in [0.1, 0.15) is 5.75 Å². The number of nitrogens with one attached hydrogen (secondary N) is 1. The minimum atomic E-state index is -0.193. The van der Waals surface area contributed by atoms with Gasteiger partial charge in [-0.15, -0.1) is 0 Å². The van der Waals surface area contributed by atoms with Crippen LogP contribution in [0.25, 0.3) is 0 Å².